The Morgan fingerprint density at radius 1 is 1.07 bits per heavy atom. The highest BCUT2D eigenvalue weighted by molar-refractivity contribution is 7.77. The Morgan fingerprint density at radius 3 is 2.07 bits per heavy atom. The summed E-state index contributed by atoms with van der Waals surface area (Å²) in [5, 5.41) is 2.95. The summed E-state index contributed by atoms with van der Waals surface area (Å²) in [6, 6.07) is 10.6. The second-order valence-corrected chi connectivity index (χ2v) is 6.64. The predicted octanol–water partition coefficient (Wildman–Crippen LogP) is 4.46. The first-order valence-electron chi connectivity index (χ1n) is 5.20. The summed E-state index contributed by atoms with van der Waals surface area (Å²) in [6.45, 7) is 6.77. The average Bonchev–Trinajstić information content (AvgIpc) is 2.92. The third kappa shape index (κ3) is 2.00. The number of rotatable bonds is 2. The van der Waals surface area contributed by atoms with Crippen LogP contribution in [0.25, 0.3) is 5.31 Å². The minimum Gasteiger partial charge on any atom is -0.353 e. The van der Waals surface area contributed by atoms with Crippen molar-refractivity contribution >= 4 is 13.5 Å². The van der Waals surface area contributed by atoms with E-state index in [9.17, 15) is 0 Å². The zero-order valence-corrected chi connectivity index (χ0v) is 10.6. The Bertz CT molecular complexity index is 387. The van der Waals surface area contributed by atoms with E-state index in [0.717, 1.165) is 0 Å². The van der Waals surface area contributed by atoms with E-state index in [0.29, 0.717) is 0 Å². The summed E-state index contributed by atoms with van der Waals surface area (Å²) in [5.41, 5.74) is 1.57. The minimum absolute atomic E-state index is 0.243. The first-order chi connectivity index (χ1) is 7.05. The average molecular weight is 220 g/mol. The van der Waals surface area contributed by atoms with E-state index in [-0.39, 0.29) is 5.41 Å². The van der Waals surface area contributed by atoms with Crippen molar-refractivity contribution in [2.24, 2.45) is 5.41 Å². The molecule has 1 aliphatic heterocycles. The third-order valence-electron chi connectivity index (χ3n) is 2.52. The molecule has 0 aromatic heterocycles. The Kier molecular flexibility index (Phi) is 2.70. The number of hydrogen-bond donors (Lipinski definition) is 0. The van der Waals surface area contributed by atoms with Gasteiger partial charge in [0.15, 0.2) is 0 Å². The van der Waals surface area contributed by atoms with Crippen LogP contribution in [0.15, 0.2) is 35.6 Å². The highest BCUT2D eigenvalue weighted by Crippen LogP contribution is 2.78. The fourth-order valence-electron chi connectivity index (χ4n) is 1.84. The maximum Gasteiger partial charge on any atom is 0.0895 e. The molecule has 15 heavy (non-hydrogen) atoms. The normalized spacial score (nSPS) is 20.7. The molecule has 0 radical (unpaired) electrons. The Balaban J connectivity index is 2.34. The van der Waals surface area contributed by atoms with Gasteiger partial charge in [-0.05, 0) is 11.0 Å². The first kappa shape index (κ1) is 10.9. The maximum atomic E-state index is 5.56. The van der Waals surface area contributed by atoms with E-state index in [4.69, 9.17) is 4.52 Å². The largest absolute Gasteiger partial charge is 0.353 e. The molecule has 0 bridgehead atoms. The van der Waals surface area contributed by atoms with Gasteiger partial charge in [-0.25, -0.2) is 0 Å². The predicted molar refractivity (Wildman–Crippen MR) is 66.7 cm³/mol. The lowest BCUT2D eigenvalue weighted by Gasteiger charge is -2.14. The lowest BCUT2D eigenvalue weighted by atomic mass is 9.95. The van der Waals surface area contributed by atoms with Gasteiger partial charge >= 0.3 is 0 Å². The van der Waals surface area contributed by atoms with E-state index in [1.54, 1.807) is 0 Å². The van der Waals surface area contributed by atoms with Crippen molar-refractivity contribution in [2.75, 3.05) is 7.11 Å². The second-order valence-electron chi connectivity index (χ2n) is 4.79. The quantitative estimate of drug-likeness (QED) is 0.669. The van der Waals surface area contributed by atoms with Crippen molar-refractivity contribution in [3.8, 4) is 0 Å². The molecule has 0 N–H and O–H groups in total. The van der Waals surface area contributed by atoms with Crippen LogP contribution in [0.1, 0.15) is 26.3 Å². The third-order valence-corrected chi connectivity index (χ3v) is 4.85. The Morgan fingerprint density at radius 2 is 1.67 bits per heavy atom. The van der Waals surface area contributed by atoms with E-state index in [1.165, 1.54) is 16.2 Å². The molecule has 1 heterocycles. The molecule has 1 unspecified atom stereocenters. The molecule has 80 valence electrons. The van der Waals surface area contributed by atoms with Crippen molar-refractivity contribution in [1.29, 1.82) is 0 Å². The van der Waals surface area contributed by atoms with Crippen molar-refractivity contribution in [1.82, 2.24) is 0 Å². The number of hydrogen-bond acceptors (Lipinski definition) is 1. The van der Waals surface area contributed by atoms with E-state index >= 15 is 0 Å². The molecule has 0 spiro atoms. The maximum absolute atomic E-state index is 5.56. The van der Waals surface area contributed by atoms with Crippen LogP contribution in [0, 0.1) is 5.41 Å². The monoisotopic (exact) mass is 220 g/mol. The van der Waals surface area contributed by atoms with Crippen LogP contribution < -0.4 is 0 Å². The lowest BCUT2D eigenvalue weighted by molar-refractivity contribution is 0.465. The topological polar surface area (TPSA) is 9.23 Å². The van der Waals surface area contributed by atoms with Gasteiger partial charge in [-0.3, -0.25) is 0 Å². The number of benzene rings is 1. The van der Waals surface area contributed by atoms with Gasteiger partial charge in [-0.15, -0.1) is 0 Å². The van der Waals surface area contributed by atoms with Gasteiger partial charge in [-0.1, -0.05) is 51.1 Å². The second kappa shape index (κ2) is 3.73. The molecule has 0 saturated carbocycles. The standard InChI is InChI=1S/C13H17OP/c1-13(2,3)12-11(15(12)14-4)10-8-6-5-7-9-10/h5-9H,1-4H3. The van der Waals surface area contributed by atoms with Crippen LogP contribution >= 0.6 is 8.15 Å². The molecule has 1 atom stereocenters. The van der Waals surface area contributed by atoms with Crippen LogP contribution in [-0.2, 0) is 4.52 Å². The van der Waals surface area contributed by atoms with Crippen molar-refractivity contribution < 1.29 is 4.52 Å². The molecule has 1 aromatic rings. The molecular formula is C13H17OP. The zero-order valence-electron chi connectivity index (χ0n) is 9.74. The fraction of sp³-hybridized carbons (Fsp3) is 0.385. The highest BCUT2D eigenvalue weighted by atomic mass is 31.1. The minimum atomic E-state index is -0.406. The lowest BCUT2D eigenvalue weighted by Crippen LogP contribution is -2.00. The van der Waals surface area contributed by atoms with Crippen molar-refractivity contribution in [2.45, 2.75) is 20.8 Å². The number of allylic oxidation sites excluding steroid dienone is 1. The summed E-state index contributed by atoms with van der Waals surface area (Å²) in [4.78, 5) is 0. The molecule has 1 nitrogen and oxygen atoms in total. The van der Waals surface area contributed by atoms with Crippen molar-refractivity contribution in [3.63, 3.8) is 0 Å². The summed E-state index contributed by atoms with van der Waals surface area (Å²) in [7, 11) is 1.41. The van der Waals surface area contributed by atoms with Gasteiger partial charge < -0.3 is 4.52 Å². The summed E-state index contributed by atoms with van der Waals surface area (Å²) >= 11 is 0. The Hall–Kier alpha value is -0.650. The van der Waals surface area contributed by atoms with Crippen LogP contribution in [0.5, 0.6) is 0 Å². The van der Waals surface area contributed by atoms with Crippen molar-refractivity contribution in [3.05, 3.63) is 41.2 Å². The molecule has 0 saturated heterocycles. The summed E-state index contributed by atoms with van der Waals surface area (Å²) in [5.74, 6) is 0. The van der Waals surface area contributed by atoms with E-state index in [2.05, 4.69) is 51.1 Å². The fourth-order valence-corrected chi connectivity index (χ4v) is 4.09. The smallest absolute Gasteiger partial charge is 0.0895 e. The van der Waals surface area contributed by atoms with Gasteiger partial charge in [0.2, 0.25) is 0 Å². The van der Waals surface area contributed by atoms with E-state index < -0.39 is 8.15 Å². The highest BCUT2D eigenvalue weighted by Gasteiger charge is 2.44. The summed E-state index contributed by atoms with van der Waals surface area (Å²) < 4.78 is 5.56. The van der Waals surface area contributed by atoms with Crippen LogP contribution in [0.2, 0.25) is 0 Å². The molecule has 2 rings (SSSR count). The summed E-state index contributed by atoms with van der Waals surface area (Å²) in [6.07, 6.45) is 0. The molecular weight excluding hydrogens is 203 g/mol. The molecule has 0 amide bonds. The van der Waals surface area contributed by atoms with Gasteiger partial charge in [0, 0.05) is 17.7 Å². The van der Waals surface area contributed by atoms with Gasteiger partial charge in [-0.2, -0.15) is 0 Å². The van der Waals surface area contributed by atoms with Crippen LogP contribution in [0.3, 0.4) is 0 Å². The molecule has 0 fully saturated rings. The molecule has 1 aliphatic rings. The Labute approximate surface area is 93.0 Å². The van der Waals surface area contributed by atoms with Crippen LogP contribution in [0.4, 0.5) is 0 Å². The van der Waals surface area contributed by atoms with E-state index in [1.807, 2.05) is 7.11 Å². The molecule has 1 aromatic carbocycles. The zero-order chi connectivity index (χ0) is 11.1. The van der Waals surface area contributed by atoms with Gasteiger partial charge in [0.1, 0.15) is 0 Å². The first-order valence-corrected chi connectivity index (χ1v) is 6.46. The van der Waals surface area contributed by atoms with Gasteiger partial charge in [0.05, 0.1) is 8.15 Å². The molecule has 2 heteroatoms. The molecule has 0 aliphatic carbocycles. The van der Waals surface area contributed by atoms with Gasteiger partial charge in [0.25, 0.3) is 0 Å². The SMILES string of the molecule is COP1C(c2ccccc2)=C1C(C)(C)C. The van der Waals surface area contributed by atoms with Crippen LogP contribution in [-0.4, -0.2) is 7.11 Å².